The number of aliphatic hydroxyl groups excluding tert-OH is 1. The molecule has 5 rings (SSSR count). The van der Waals surface area contributed by atoms with Crippen LogP contribution in [0.1, 0.15) is 41.0 Å². The van der Waals surface area contributed by atoms with Crippen molar-refractivity contribution in [3.8, 4) is 0 Å². The van der Waals surface area contributed by atoms with Gasteiger partial charge in [0.2, 0.25) is 0 Å². The standard InChI is InChI=1S/C25H30N4O2S/c30-21-4-3-13-29(17-21)25(31)18-7-9-20(10-8-18)28-14-11-19(12-15-28)26-16-24-27-22-5-1-2-6-23(22)32-24/h1-2,5-10,19,21,26,30H,3-4,11-17H2/t21-/m0/s1. The molecule has 0 aliphatic carbocycles. The second-order valence-electron chi connectivity index (χ2n) is 8.81. The van der Waals surface area contributed by atoms with Gasteiger partial charge in [0.15, 0.2) is 0 Å². The van der Waals surface area contributed by atoms with Crippen LogP contribution in [0.15, 0.2) is 48.5 Å². The summed E-state index contributed by atoms with van der Waals surface area (Å²) in [5.74, 6) is 0.0213. The van der Waals surface area contributed by atoms with E-state index in [2.05, 4.69) is 40.5 Å². The third-order valence-electron chi connectivity index (χ3n) is 6.54. The summed E-state index contributed by atoms with van der Waals surface area (Å²) < 4.78 is 1.25. The van der Waals surface area contributed by atoms with Gasteiger partial charge in [-0.05, 0) is 62.1 Å². The van der Waals surface area contributed by atoms with Gasteiger partial charge in [0, 0.05) is 50.0 Å². The molecule has 2 N–H and O–H groups in total. The second-order valence-corrected chi connectivity index (χ2v) is 9.93. The van der Waals surface area contributed by atoms with Crippen molar-refractivity contribution in [2.45, 2.75) is 44.4 Å². The molecule has 0 spiro atoms. The highest BCUT2D eigenvalue weighted by Gasteiger charge is 2.24. The molecule has 168 valence electrons. The number of β-amino-alcohol motifs (C(OH)–C–C–N with tert-alkyl or cyclic N) is 1. The first-order chi connectivity index (χ1) is 15.7. The van der Waals surface area contributed by atoms with Crippen LogP contribution in [0.4, 0.5) is 5.69 Å². The van der Waals surface area contributed by atoms with Gasteiger partial charge < -0.3 is 20.2 Å². The molecule has 3 aromatic rings. The second kappa shape index (κ2) is 9.57. The Morgan fingerprint density at radius 1 is 1.06 bits per heavy atom. The lowest BCUT2D eigenvalue weighted by molar-refractivity contribution is 0.0474. The van der Waals surface area contributed by atoms with Crippen molar-refractivity contribution in [3.05, 3.63) is 59.1 Å². The molecule has 0 radical (unpaired) electrons. The maximum absolute atomic E-state index is 12.7. The largest absolute Gasteiger partial charge is 0.391 e. The summed E-state index contributed by atoms with van der Waals surface area (Å²) in [4.78, 5) is 21.6. The molecule has 0 unspecified atom stereocenters. The number of aliphatic hydroxyl groups is 1. The fraction of sp³-hybridized carbons (Fsp3) is 0.440. The van der Waals surface area contributed by atoms with Crippen molar-refractivity contribution in [1.82, 2.24) is 15.2 Å². The molecule has 0 bridgehead atoms. The molecule has 3 heterocycles. The van der Waals surface area contributed by atoms with E-state index in [4.69, 9.17) is 4.98 Å². The van der Waals surface area contributed by atoms with E-state index < -0.39 is 6.10 Å². The van der Waals surface area contributed by atoms with Crippen LogP contribution in [0.5, 0.6) is 0 Å². The zero-order valence-electron chi connectivity index (χ0n) is 18.2. The molecular formula is C25H30N4O2S. The lowest BCUT2D eigenvalue weighted by Gasteiger charge is -2.34. The Morgan fingerprint density at radius 3 is 2.59 bits per heavy atom. The summed E-state index contributed by atoms with van der Waals surface area (Å²) in [5.41, 5.74) is 2.96. The fourth-order valence-electron chi connectivity index (χ4n) is 4.71. The number of piperidine rings is 2. The van der Waals surface area contributed by atoms with Gasteiger partial charge in [0.25, 0.3) is 5.91 Å². The lowest BCUT2D eigenvalue weighted by atomic mass is 10.0. The number of benzene rings is 2. The Bertz CT molecular complexity index is 1030. The van der Waals surface area contributed by atoms with Gasteiger partial charge in [-0.1, -0.05) is 12.1 Å². The van der Waals surface area contributed by atoms with E-state index in [-0.39, 0.29) is 5.91 Å². The fourth-order valence-corrected chi connectivity index (χ4v) is 5.62. The van der Waals surface area contributed by atoms with Crippen molar-refractivity contribution in [2.24, 2.45) is 0 Å². The van der Waals surface area contributed by atoms with E-state index in [1.54, 1.807) is 16.2 Å². The number of aromatic nitrogens is 1. The maximum atomic E-state index is 12.7. The van der Waals surface area contributed by atoms with Gasteiger partial charge in [-0.3, -0.25) is 4.79 Å². The van der Waals surface area contributed by atoms with Crippen molar-refractivity contribution in [2.75, 3.05) is 31.1 Å². The van der Waals surface area contributed by atoms with E-state index in [1.807, 2.05) is 18.2 Å². The van der Waals surface area contributed by atoms with Crippen molar-refractivity contribution >= 4 is 33.1 Å². The van der Waals surface area contributed by atoms with E-state index in [0.717, 1.165) is 62.4 Å². The van der Waals surface area contributed by atoms with Crippen molar-refractivity contribution in [1.29, 1.82) is 0 Å². The number of rotatable bonds is 5. The number of thiazole rings is 1. The van der Waals surface area contributed by atoms with Gasteiger partial charge >= 0.3 is 0 Å². The quantitative estimate of drug-likeness (QED) is 0.621. The molecule has 2 saturated heterocycles. The predicted octanol–water partition coefficient (Wildman–Crippen LogP) is 3.65. The number of para-hydroxylation sites is 1. The van der Waals surface area contributed by atoms with Gasteiger partial charge in [0.05, 0.1) is 16.3 Å². The minimum absolute atomic E-state index is 0.0213. The molecule has 2 aromatic carbocycles. The number of likely N-dealkylation sites (tertiary alicyclic amines) is 1. The minimum Gasteiger partial charge on any atom is -0.391 e. The molecule has 2 aliphatic heterocycles. The van der Waals surface area contributed by atoms with Gasteiger partial charge in [-0.25, -0.2) is 4.98 Å². The number of amides is 1. The molecule has 2 fully saturated rings. The molecule has 6 nitrogen and oxygen atoms in total. The summed E-state index contributed by atoms with van der Waals surface area (Å²) in [5, 5.41) is 14.7. The van der Waals surface area contributed by atoms with Crippen LogP contribution >= 0.6 is 11.3 Å². The van der Waals surface area contributed by atoms with Crippen molar-refractivity contribution in [3.63, 3.8) is 0 Å². The Morgan fingerprint density at radius 2 is 1.84 bits per heavy atom. The van der Waals surface area contributed by atoms with Crippen LogP contribution in [0.3, 0.4) is 0 Å². The number of carbonyl (C=O) groups excluding carboxylic acids is 1. The first-order valence-electron chi connectivity index (χ1n) is 11.6. The molecule has 1 amide bonds. The Kier molecular flexibility index (Phi) is 6.39. The van der Waals surface area contributed by atoms with Gasteiger partial charge in [-0.2, -0.15) is 0 Å². The summed E-state index contributed by atoms with van der Waals surface area (Å²) in [6.45, 7) is 4.01. The topological polar surface area (TPSA) is 68.7 Å². The minimum atomic E-state index is -0.392. The summed E-state index contributed by atoms with van der Waals surface area (Å²) >= 11 is 1.77. The molecule has 0 saturated carbocycles. The summed E-state index contributed by atoms with van der Waals surface area (Å²) in [6, 6.07) is 16.8. The zero-order valence-corrected chi connectivity index (χ0v) is 19.1. The van der Waals surface area contributed by atoms with Crippen molar-refractivity contribution < 1.29 is 9.90 Å². The van der Waals surface area contributed by atoms with E-state index in [0.29, 0.717) is 18.2 Å². The molecular weight excluding hydrogens is 420 g/mol. The van der Waals surface area contributed by atoms with E-state index >= 15 is 0 Å². The molecule has 32 heavy (non-hydrogen) atoms. The normalized spacial score (nSPS) is 20.1. The number of nitrogens with one attached hydrogen (secondary N) is 1. The van der Waals surface area contributed by atoms with Crippen LogP contribution in [-0.4, -0.2) is 59.2 Å². The van der Waals surface area contributed by atoms with E-state index in [9.17, 15) is 9.90 Å². The van der Waals surface area contributed by atoms with Gasteiger partial charge in [0.1, 0.15) is 5.01 Å². The SMILES string of the molecule is O=C(c1ccc(N2CCC(NCc3nc4ccccc4s3)CC2)cc1)N1CCC[C@H](O)C1. The monoisotopic (exact) mass is 450 g/mol. The van der Waals surface area contributed by atoms with Crippen LogP contribution in [0.2, 0.25) is 0 Å². The average Bonchev–Trinajstić information content (AvgIpc) is 3.26. The predicted molar refractivity (Wildman–Crippen MR) is 129 cm³/mol. The molecule has 7 heteroatoms. The highest BCUT2D eigenvalue weighted by molar-refractivity contribution is 7.18. The van der Waals surface area contributed by atoms with Crippen LogP contribution < -0.4 is 10.2 Å². The molecule has 1 atom stereocenters. The number of anilines is 1. The smallest absolute Gasteiger partial charge is 0.253 e. The van der Waals surface area contributed by atoms with Gasteiger partial charge in [-0.15, -0.1) is 11.3 Å². The highest BCUT2D eigenvalue weighted by atomic mass is 32.1. The number of nitrogens with zero attached hydrogens (tertiary/aromatic N) is 3. The highest BCUT2D eigenvalue weighted by Crippen LogP contribution is 2.24. The molecule has 2 aliphatic rings. The number of fused-ring (bicyclic) bond motifs is 1. The Hall–Kier alpha value is -2.48. The first kappa shape index (κ1) is 21.4. The third-order valence-corrected chi connectivity index (χ3v) is 7.57. The molecule has 1 aromatic heterocycles. The number of carbonyl (C=O) groups is 1. The number of hydrogen-bond acceptors (Lipinski definition) is 6. The number of hydrogen-bond donors (Lipinski definition) is 2. The Labute approximate surface area is 192 Å². The van der Waals surface area contributed by atoms with Crippen LogP contribution in [0.25, 0.3) is 10.2 Å². The van der Waals surface area contributed by atoms with E-state index in [1.165, 1.54) is 10.4 Å². The average molecular weight is 451 g/mol. The van der Waals surface area contributed by atoms with Crippen LogP contribution in [0, 0.1) is 0 Å². The maximum Gasteiger partial charge on any atom is 0.253 e. The van der Waals surface area contributed by atoms with Crippen LogP contribution in [-0.2, 0) is 6.54 Å². The summed E-state index contributed by atoms with van der Waals surface area (Å²) in [6.07, 6.45) is 3.45. The lowest BCUT2D eigenvalue weighted by Crippen LogP contribution is -2.42. The Balaban J connectivity index is 1.12. The zero-order chi connectivity index (χ0) is 21.9. The third kappa shape index (κ3) is 4.80. The first-order valence-corrected chi connectivity index (χ1v) is 12.4. The summed E-state index contributed by atoms with van der Waals surface area (Å²) in [7, 11) is 0.